The number of non-ortho nitro benzene ring substituents is 1. The summed E-state index contributed by atoms with van der Waals surface area (Å²) >= 11 is 0. The third-order valence-corrected chi connectivity index (χ3v) is 3.45. The molecule has 2 aromatic rings. The predicted molar refractivity (Wildman–Crippen MR) is 94.9 cm³/mol. The number of carbonyl (C=O) groups excluding carboxylic acids is 1. The number of amides is 1. The zero-order chi connectivity index (χ0) is 19.1. The van der Waals surface area contributed by atoms with E-state index in [1.54, 1.807) is 24.3 Å². The van der Waals surface area contributed by atoms with Gasteiger partial charge in [0.2, 0.25) is 0 Å². The molecule has 0 radical (unpaired) electrons. The average molecular weight is 353 g/mol. The molecule has 0 aliphatic carbocycles. The normalized spacial score (nSPS) is 10.6. The van der Waals surface area contributed by atoms with Crippen LogP contribution in [0.4, 0.5) is 11.4 Å². The summed E-state index contributed by atoms with van der Waals surface area (Å²) in [7, 11) is 2.85. The van der Waals surface area contributed by atoms with E-state index >= 15 is 0 Å². The summed E-state index contributed by atoms with van der Waals surface area (Å²) in [6.07, 6.45) is 1.37. The second-order valence-electron chi connectivity index (χ2n) is 5.01. The fourth-order valence-corrected chi connectivity index (χ4v) is 2.19. The molecule has 0 spiro atoms. The van der Waals surface area contributed by atoms with Gasteiger partial charge in [0.1, 0.15) is 23.1 Å². The Balaban J connectivity index is 2.36. The lowest BCUT2D eigenvalue weighted by Gasteiger charge is -2.10. The van der Waals surface area contributed by atoms with Crippen molar-refractivity contribution in [3.05, 3.63) is 63.7 Å². The van der Waals surface area contributed by atoms with E-state index in [0.29, 0.717) is 11.3 Å². The molecule has 8 nitrogen and oxygen atoms in total. The zero-order valence-electron chi connectivity index (χ0n) is 14.1. The molecule has 0 bridgehead atoms. The number of nitro groups is 1. The Hall–Kier alpha value is -3.86. The SMILES string of the molecule is COc1ccccc1/C=C(\C#N)C(=O)Nc1cc([N+](=O)[O-])ccc1OC. The lowest BCUT2D eigenvalue weighted by atomic mass is 10.1. The van der Waals surface area contributed by atoms with Crippen molar-refractivity contribution in [1.82, 2.24) is 0 Å². The molecule has 8 heteroatoms. The molecule has 0 heterocycles. The summed E-state index contributed by atoms with van der Waals surface area (Å²) in [6.45, 7) is 0. The quantitative estimate of drug-likeness (QED) is 0.369. The fraction of sp³-hybridized carbons (Fsp3) is 0.111. The predicted octanol–water partition coefficient (Wildman–Crippen LogP) is 3.16. The van der Waals surface area contributed by atoms with Gasteiger partial charge in [-0.25, -0.2) is 0 Å². The highest BCUT2D eigenvalue weighted by molar-refractivity contribution is 6.10. The third-order valence-electron chi connectivity index (χ3n) is 3.45. The van der Waals surface area contributed by atoms with E-state index in [-0.39, 0.29) is 22.7 Å². The van der Waals surface area contributed by atoms with Crippen molar-refractivity contribution in [2.24, 2.45) is 0 Å². The van der Waals surface area contributed by atoms with E-state index in [4.69, 9.17) is 9.47 Å². The van der Waals surface area contributed by atoms with Crippen LogP contribution in [-0.4, -0.2) is 25.1 Å². The number of ether oxygens (including phenoxy) is 2. The molecular formula is C18H15N3O5. The van der Waals surface area contributed by atoms with Gasteiger partial charge in [-0.2, -0.15) is 5.26 Å². The number of benzene rings is 2. The molecule has 0 unspecified atom stereocenters. The number of nitro benzene ring substituents is 1. The topological polar surface area (TPSA) is 114 Å². The minimum Gasteiger partial charge on any atom is -0.496 e. The molecular weight excluding hydrogens is 338 g/mol. The van der Waals surface area contributed by atoms with E-state index in [1.165, 1.54) is 32.4 Å². The van der Waals surface area contributed by atoms with E-state index in [0.717, 1.165) is 6.07 Å². The van der Waals surface area contributed by atoms with Gasteiger partial charge in [0.15, 0.2) is 0 Å². The summed E-state index contributed by atoms with van der Waals surface area (Å²) in [5.74, 6) is 0.0108. The van der Waals surface area contributed by atoms with Crippen LogP contribution in [0.25, 0.3) is 6.08 Å². The highest BCUT2D eigenvalue weighted by Crippen LogP contribution is 2.29. The maximum atomic E-state index is 12.4. The molecule has 0 aliphatic heterocycles. The van der Waals surface area contributed by atoms with E-state index in [9.17, 15) is 20.2 Å². The number of nitrogens with one attached hydrogen (secondary N) is 1. The van der Waals surface area contributed by atoms with Gasteiger partial charge in [0, 0.05) is 17.7 Å². The molecule has 0 aromatic heterocycles. The van der Waals surface area contributed by atoms with Crippen LogP contribution < -0.4 is 14.8 Å². The lowest BCUT2D eigenvalue weighted by Crippen LogP contribution is -2.14. The van der Waals surface area contributed by atoms with Crippen LogP contribution in [0.3, 0.4) is 0 Å². The van der Waals surface area contributed by atoms with Gasteiger partial charge < -0.3 is 14.8 Å². The maximum absolute atomic E-state index is 12.4. The number of hydrogen-bond acceptors (Lipinski definition) is 6. The highest BCUT2D eigenvalue weighted by Gasteiger charge is 2.16. The van der Waals surface area contributed by atoms with Crippen molar-refractivity contribution >= 4 is 23.4 Å². The highest BCUT2D eigenvalue weighted by atomic mass is 16.6. The first-order valence-electron chi connectivity index (χ1n) is 7.38. The van der Waals surface area contributed by atoms with Gasteiger partial charge in [-0.05, 0) is 18.2 Å². The molecule has 2 rings (SSSR count). The van der Waals surface area contributed by atoms with Crippen LogP contribution >= 0.6 is 0 Å². The Morgan fingerprint density at radius 3 is 2.50 bits per heavy atom. The largest absolute Gasteiger partial charge is 0.496 e. The first kappa shape index (κ1) is 18.5. The number of rotatable bonds is 6. The molecule has 1 amide bonds. The van der Waals surface area contributed by atoms with Crippen molar-refractivity contribution in [3.63, 3.8) is 0 Å². The summed E-state index contributed by atoms with van der Waals surface area (Å²) in [5.41, 5.74) is 0.233. The van der Waals surface area contributed by atoms with Gasteiger partial charge in [-0.15, -0.1) is 0 Å². The van der Waals surface area contributed by atoms with Crippen molar-refractivity contribution < 1.29 is 19.2 Å². The maximum Gasteiger partial charge on any atom is 0.271 e. The van der Waals surface area contributed by atoms with Gasteiger partial charge in [0.25, 0.3) is 11.6 Å². The number of carbonyl (C=O) groups is 1. The summed E-state index contributed by atoms with van der Waals surface area (Å²) in [5, 5.41) is 22.7. The summed E-state index contributed by atoms with van der Waals surface area (Å²) in [4.78, 5) is 22.8. The molecule has 0 atom stereocenters. The second-order valence-corrected chi connectivity index (χ2v) is 5.01. The minimum absolute atomic E-state index is 0.0906. The van der Waals surface area contributed by atoms with Crippen LogP contribution in [0, 0.1) is 21.4 Å². The number of nitrogens with zero attached hydrogens (tertiary/aromatic N) is 2. The molecule has 0 aliphatic rings. The van der Waals surface area contributed by atoms with Crippen molar-refractivity contribution in [2.75, 3.05) is 19.5 Å². The average Bonchev–Trinajstić information content (AvgIpc) is 2.66. The number of hydrogen-bond donors (Lipinski definition) is 1. The Bertz CT molecular complexity index is 915. The Morgan fingerprint density at radius 2 is 1.88 bits per heavy atom. The van der Waals surface area contributed by atoms with Gasteiger partial charge in [-0.1, -0.05) is 18.2 Å². The van der Waals surface area contributed by atoms with E-state index in [1.807, 2.05) is 6.07 Å². The number of methoxy groups -OCH3 is 2. The molecule has 1 N–H and O–H groups in total. The van der Waals surface area contributed by atoms with Crippen molar-refractivity contribution in [2.45, 2.75) is 0 Å². The van der Waals surface area contributed by atoms with Crippen LogP contribution in [-0.2, 0) is 4.79 Å². The van der Waals surface area contributed by atoms with Crippen molar-refractivity contribution in [1.29, 1.82) is 5.26 Å². The van der Waals surface area contributed by atoms with Gasteiger partial charge >= 0.3 is 0 Å². The molecule has 0 saturated heterocycles. The van der Waals surface area contributed by atoms with Gasteiger partial charge in [0.05, 0.1) is 24.8 Å². The summed E-state index contributed by atoms with van der Waals surface area (Å²) < 4.78 is 10.3. The van der Waals surface area contributed by atoms with Crippen LogP contribution in [0.2, 0.25) is 0 Å². The fourth-order valence-electron chi connectivity index (χ4n) is 2.19. The number of nitriles is 1. The van der Waals surface area contributed by atoms with Gasteiger partial charge in [-0.3, -0.25) is 14.9 Å². The zero-order valence-corrected chi connectivity index (χ0v) is 14.1. The number of anilines is 1. The second kappa shape index (κ2) is 8.30. The van der Waals surface area contributed by atoms with E-state index < -0.39 is 10.8 Å². The van der Waals surface area contributed by atoms with Crippen LogP contribution in [0.15, 0.2) is 48.0 Å². The molecule has 0 saturated carbocycles. The van der Waals surface area contributed by atoms with E-state index in [2.05, 4.69) is 5.32 Å². The molecule has 2 aromatic carbocycles. The molecule has 132 valence electrons. The van der Waals surface area contributed by atoms with Crippen molar-refractivity contribution in [3.8, 4) is 17.6 Å². The smallest absolute Gasteiger partial charge is 0.271 e. The first-order valence-corrected chi connectivity index (χ1v) is 7.38. The molecule has 0 fully saturated rings. The summed E-state index contributed by atoms with van der Waals surface area (Å²) in [6, 6.07) is 12.5. The van der Waals surface area contributed by atoms with Crippen LogP contribution in [0.5, 0.6) is 11.5 Å². The lowest BCUT2D eigenvalue weighted by molar-refractivity contribution is -0.384. The minimum atomic E-state index is -0.725. The Morgan fingerprint density at radius 1 is 1.19 bits per heavy atom. The standard InChI is InChI=1S/C18H15N3O5/c1-25-16-6-4-3-5-12(16)9-13(11-19)18(22)20-15-10-14(21(23)24)7-8-17(15)26-2/h3-10H,1-2H3,(H,20,22)/b13-9+. The van der Waals surface area contributed by atoms with Crippen LogP contribution in [0.1, 0.15) is 5.56 Å². The Kier molecular flexibility index (Phi) is 5.90. The Labute approximate surface area is 149 Å². The molecule has 26 heavy (non-hydrogen) atoms. The monoisotopic (exact) mass is 353 g/mol. The third kappa shape index (κ3) is 4.15. The number of para-hydroxylation sites is 1. The first-order chi connectivity index (χ1) is 12.5.